The molecule has 0 aromatic heterocycles. The lowest BCUT2D eigenvalue weighted by Crippen LogP contribution is -2.41. The third-order valence-electron chi connectivity index (χ3n) is 2.98. The van der Waals surface area contributed by atoms with Crippen molar-refractivity contribution in [2.75, 3.05) is 32.1 Å². The Bertz CT molecular complexity index is 479. The molecular weight excluding hydrogens is 260 g/mol. The zero-order valence-electron chi connectivity index (χ0n) is 10.7. The molecule has 1 heterocycles. The molecule has 0 bridgehead atoms. The highest BCUT2D eigenvalue weighted by molar-refractivity contribution is 7.99. The number of carbonyl (C=O) groups excluding carboxylic acids is 1. The van der Waals surface area contributed by atoms with Crippen LogP contribution >= 0.6 is 11.8 Å². The summed E-state index contributed by atoms with van der Waals surface area (Å²) in [6, 6.07) is 9.68. The van der Waals surface area contributed by atoms with E-state index in [2.05, 4.69) is 6.07 Å². The Labute approximate surface area is 117 Å². The van der Waals surface area contributed by atoms with Crippen LogP contribution in [0.1, 0.15) is 11.1 Å². The van der Waals surface area contributed by atoms with Crippen LogP contribution in [-0.4, -0.2) is 42.9 Å². The molecule has 1 saturated heterocycles. The first-order chi connectivity index (χ1) is 9.31. The summed E-state index contributed by atoms with van der Waals surface area (Å²) in [6.45, 7) is 2.64. The zero-order valence-corrected chi connectivity index (χ0v) is 11.5. The Balaban J connectivity index is 1.80. The number of carbonyl (C=O) groups is 1. The van der Waals surface area contributed by atoms with Gasteiger partial charge in [0.2, 0.25) is 5.91 Å². The summed E-state index contributed by atoms with van der Waals surface area (Å²) in [7, 11) is 0. The minimum Gasteiger partial charge on any atom is -0.378 e. The molecular formula is C14H16N2O2S. The lowest BCUT2D eigenvalue weighted by molar-refractivity contribution is -0.132. The molecule has 1 fully saturated rings. The molecule has 0 radical (unpaired) electrons. The molecule has 1 aliphatic heterocycles. The van der Waals surface area contributed by atoms with Crippen LogP contribution in [0.15, 0.2) is 24.3 Å². The van der Waals surface area contributed by atoms with E-state index in [4.69, 9.17) is 10.00 Å². The third-order valence-corrected chi connectivity index (χ3v) is 3.95. The van der Waals surface area contributed by atoms with Crippen LogP contribution in [0.25, 0.3) is 0 Å². The van der Waals surface area contributed by atoms with Gasteiger partial charge < -0.3 is 9.64 Å². The Morgan fingerprint density at radius 2 is 2.11 bits per heavy atom. The van der Waals surface area contributed by atoms with Crippen LogP contribution in [0, 0.1) is 11.3 Å². The number of nitriles is 1. The lowest BCUT2D eigenvalue weighted by Gasteiger charge is -2.26. The van der Waals surface area contributed by atoms with Crippen LogP contribution < -0.4 is 0 Å². The Morgan fingerprint density at radius 3 is 2.84 bits per heavy atom. The number of amides is 1. The van der Waals surface area contributed by atoms with Crippen molar-refractivity contribution in [2.45, 2.75) is 5.75 Å². The molecule has 0 aliphatic carbocycles. The molecule has 2 rings (SSSR count). The van der Waals surface area contributed by atoms with Gasteiger partial charge in [-0.25, -0.2) is 0 Å². The number of morpholine rings is 1. The van der Waals surface area contributed by atoms with Gasteiger partial charge in [-0.3, -0.25) is 4.79 Å². The zero-order chi connectivity index (χ0) is 13.5. The fourth-order valence-electron chi connectivity index (χ4n) is 1.91. The quantitative estimate of drug-likeness (QED) is 0.839. The molecule has 1 amide bonds. The number of nitrogens with zero attached hydrogens (tertiary/aromatic N) is 2. The van der Waals surface area contributed by atoms with E-state index >= 15 is 0 Å². The summed E-state index contributed by atoms with van der Waals surface area (Å²) in [5.74, 6) is 1.31. The Hall–Kier alpha value is -1.51. The van der Waals surface area contributed by atoms with Crippen LogP contribution in [0.4, 0.5) is 0 Å². The predicted octanol–water partition coefficient (Wildman–Crippen LogP) is 1.65. The van der Waals surface area contributed by atoms with E-state index in [0.717, 1.165) is 5.56 Å². The highest BCUT2D eigenvalue weighted by Gasteiger charge is 2.16. The SMILES string of the molecule is N#Cc1ccccc1CSCC(=O)N1CCOCC1. The van der Waals surface area contributed by atoms with Gasteiger partial charge in [-0.1, -0.05) is 18.2 Å². The molecule has 0 atom stereocenters. The van der Waals surface area contributed by atoms with Crippen LogP contribution in [0.5, 0.6) is 0 Å². The average Bonchev–Trinajstić information content (AvgIpc) is 2.48. The molecule has 0 unspecified atom stereocenters. The first-order valence-electron chi connectivity index (χ1n) is 6.22. The molecule has 1 aromatic rings. The van der Waals surface area contributed by atoms with Gasteiger partial charge >= 0.3 is 0 Å². The lowest BCUT2D eigenvalue weighted by atomic mass is 10.1. The summed E-state index contributed by atoms with van der Waals surface area (Å²) in [4.78, 5) is 13.8. The van der Waals surface area contributed by atoms with Crippen molar-refractivity contribution in [1.82, 2.24) is 4.90 Å². The minimum atomic E-state index is 0.155. The number of ether oxygens (including phenoxy) is 1. The van der Waals surface area contributed by atoms with E-state index in [1.54, 1.807) is 17.8 Å². The van der Waals surface area contributed by atoms with Gasteiger partial charge in [0, 0.05) is 18.8 Å². The molecule has 0 saturated carbocycles. The van der Waals surface area contributed by atoms with Gasteiger partial charge in [-0.15, -0.1) is 11.8 Å². The standard InChI is InChI=1S/C14H16N2O2S/c15-9-12-3-1-2-4-13(12)10-19-11-14(17)16-5-7-18-8-6-16/h1-4H,5-8,10-11H2. The molecule has 0 N–H and O–H groups in total. The van der Waals surface area contributed by atoms with Gasteiger partial charge in [0.1, 0.15) is 0 Å². The maximum Gasteiger partial charge on any atom is 0.232 e. The predicted molar refractivity (Wildman–Crippen MR) is 74.7 cm³/mol. The Morgan fingerprint density at radius 1 is 1.37 bits per heavy atom. The maximum absolute atomic E-state index is 11.9. The number of hydrogen-bond donors (Lipinski definition) is 0. The molecule has 0 spiro atoms. The van der Waals surface area contributed by atoms with E-state index < -0.39 is 0 Å². The first kappa shape index (κ1) is 13.9. The fourth-order valence-corrected chi connectivity index (χ4v) is 2.84. The number of thioether (sulfide) groups is 1. The second kappa shape index (κ2) is 7.17. The smallest absolute Gasteiger partial charge is 0.232 e. The topological polar surface area (TPSA) is 53.3 Å². The molecule has 5 heteroatoms. The highest BCUT2D eigenvalue weighted by atomic mass is 32.2. The van der Waals surface area contributed by atoms with Crippen molar-refractivity contribution in [2.24, 2.45) is 0 Å². The molecule has 4 nitrogen and oxygen atoms in total. The molecule has 1 aliphatic rings. The van der Waals surface area contributed by atoms with Gasteiger partial charge in [0.05, 0.1) is 30.6 Å². The molecule has 100 valence electrons. The second-order valence-corrected chi connectivity index (χ2v) is 5.24. The number of rotatable bonds is 4. The van der Waals surface area contributed by atoms with E-state index in [1.807, 2.05) is 23.1 Å². The van der Waals surface area contributed by atoms with E-state index in [-0.39, 0.29) is 5.91 Å². The average molecular weight is 276 g/mol. The van der Waals surface area contributed by atoms with Crippen molar-refractivity contribution in [3.63, 3.8) is 0 Å². The van der Waals surface area contributed by atoms with E-state index in [1.165, 1.54) is 0 Å². The number of benzene rings is 1. The van der Waals surface area contributed by atoms with E-state index in [9.17, 15) is 4.79 Å². The third kappa shape index (κ3) is 3.98. The van der Waals surface area contributed by atoms with Crippen molar-refractivity contribution < 1.29 is 9.53 Å². The van der Waals surface area contributed by atoms with Crippen LogP contribution in [0.3, 0.4) is 0 Å². The monoisotopic (exact) mass is 276 g/mol. The summed E-state index contributed by atoms with van der Waals surface area (Å²) >= 11 is 1.55. The fraction of sp³-hybridized carbons (Fsp3) is 0.429. The summed E-state index contributed by atoms with van der Waals surface area (Å²) in [5.41, 5.74) is 1.68. The molecule has 1 aromatic carbocycles. The Kier molecular flexibility index (Phi) is 5.25. The van der Waals surface area contributed by atoms with Gasteiger partial charge in [-0.2, -0.15) is 5.26 Å². The summed E-state index contributed by atoms with van der Waals surface area (Å²) in [6.07, 6.45) is 0. The van der Waals surface area contributed by atoms with Crippen LogP contribution in [-0.2, 0) is 15.3 Å². The van der Waals surface area contributed by atoms with Crippen molar-refractivity contribution in [1.29, 1.82) is 5.26 Å². The summed E-state index contributed by atoms with van der Waals surface area (Å²) in [5, 5.41) is 8.98. The largest absolute Gasteiger partial charge is 0.378 e. The van der Waals surface area contributed by atoms with Crippen LogP contribution in [0.2, 0.25) is 0 Å². The highest BCUT2D eigenvalue weighted by Crippen LogP contribution is 2.16. The normalized spacial score (nSPS) is 15.0. The second-order valence-electron chi connectivity index (χ2n) is 4.25. The van der Waals surface area contributed by atoms with Gasteiger partial charge in [0.15, 0.2) is 0 Å². The van der Waals surface area contributed by atoms with E-state index in [0.29, 0.717) is 43.4 Å². The van der Waals surface area contributed by atoms with Gasteiger partial charge in [-0.05, 0) is 11.6 Å². The number of hydrogen-bond acceptors (Lipinski definition) is 4. The van der Waals surface area contributed by atoms with Crippen molar-refractivity contribution >= 4 is 17.7 Å². The first-order valence-corrected chi connectivity index (χ1v) is 7.38. The molecule has 19 heavy (non-hydrogen) atoms. The summed E-state index contributed by atoms with van der Waals surface area (Å²) < 4.78 is 5.22. The maximum atomic E-state index is 11.9. The van der Waals surface area contributed by atoms with Gasteiger partial charge in [0.25, 0.3) is 0 Å². The minimum absolute atomic E-state index is 0.155. The van der Waals surface area contributed by atoms with Crippen molar-refractivity contribution in [3.05, 3.63) is 35.4 Å². The van der Waals surface area contributed by atoms with Crippen molar-refractivity contribution in [3.8, 4) is 6.07 Å².